The second-order valence-corrected chi connectivity index (χ2v) is 4.86. The van der Waals surface area contributed by atoms with Crippen LogP contribution in [0.5, 0.6) is 0 Å². The Morgan fingerprint density at radius 1 is 1.56 bits per heavy atom. The largest absolute Gasteiger partial charge is 0.369 e. The number of aromatic nitrogens is 3. The van der Waals surface area contributed by atoms with Gasteiger partial charge in [-0.25, -0.2) is 9.67 Å². The van der Waals surface area contributed by atoms with Crippen molar-refractivity contribution in [3.8, 4) is 11.4 Å². The first-order valence-corrected chi connectivity index (χ1v) is 6.89. The number of rotatable bonds is 6. The average Bonchev–Trinajstić information content (AvgIpc) is 2.93. The van der Waals surface area contributed by atoms with Gasteiger partial charge in [0.05, 0.1) is 6.42 Å². The number of carbonyl (C=O) groups is 1. The molecule has 0 saturated heterocycles. The number of unbranched alkanes of at least 4 members (excludes halogenated alkanes) is 1. The Balaban J connectivity index is 2.29. The lowest BCUT2D eigenvalue weighted by Crippen LogP contribution is -2.14. The molecule has 0 aliphatic carbocycles. The summed E-state index contributed by atoms with van der Waals surface area (Å²) in [4.78, 5) is 15.3. The lowest BCUT2D eigenvalue weighted by atomic mass is 10.3. The number of nitrogens with zero attached hydrogens (tertiary/aromatic N) is 3. The Bertz CT molecular complexity index is 518. The normalized spacial score (nSPS) is 10.7. The molecule has 96 valence electrons. The maximum Gasteiger partial charge on any atom is 0.225 e. The van der Waals surface area contributed by atoms with Crippen molar-refractivity contribution in [1.29, 1.82) is 0 Å². The monoisotopic (exact) mass is 264 g/mol. The second kappa shape index (κ2) is 5.77. The van der Waals surface area contributed by atoms with Crippen molar-refractivity contribution in [2.24, 2.45) is 5.73 Å². The smallest absolute Gasteiger partial charge is 0.225 e. The van der Waals surface area contributed by atoms with Crippen molar-refractivity contribution in [2.75, 3.05) is 0 Å². The molecule has 0 aromatic carbocycles. The fourth-order valence-electron chi connectivity index (χ4n) is 1.69. The van der Waals surface area contributed by atoms with E-state index in [1.165, 1.54) is 0 Å². The molecule has 18 heavy (non-hydrogen) atoms. The fraction of sp³-hybridized carbons (Fsp3) is 0.417. The first-order valence-electron chi connectivity index (χ1n) is 5.95. The van der Waals surface area contributed by atoms with Crippen LogP contribution in [0.4, 0.5) is 0 Å². The lowest BCUT2D eigenvalue weighted by molar-refractivity contribution is -0.117. The summed E-state index contributed by atoms with van der Waals surface area (Å²) in [5.74, 6) is 0.917. The molecule has 0 unspecified atom stereocenters. The van der Waals surface area contributed by atoms with Gasteiger partial charge in [-0.2, -0.15) is 16.4 Å². The minimum atomic E-state index is -0.403. The van der Waals surface area contributed by atoms with Crippen LogP contribution in [0.15, 0.2) is 16.8 Å². The Labute approximate surface area is 110 Å². The molecule has 5 nitrogen and oxygen atoms in total. The summed E-state index contributed by atoms with van der Waals surface area (Å²) in [7, 11) is 0. The molecule has 0 atom stereocenters. The van der Waals surface area contributed by atoms with Gasteiger partial charge in [0.15, 0.2) is 11.6 Å². The molecule has 0 aliphatic rings. The molecular weight excluding hydrogens is 248 g/mol. The van der Waals surface area contributed by atoms with Crippen LogP contribution in [0.1, 0.15) is 25.6 Å². The highest BCUT2D eigenvalue weighted by molar-refractivity contribution is 7.08. The molecule has 1 amide bonds. The van der Waals surface area contributed by atoms with Crippen molar-refractivity contribution in [2.45, 2.75) is 32.7 Å². The van der Waals surface area contributed by atoms with Crippen molar-refractivity contribution in [1.82, 2.24) is 14.8 Å². The van der Waals surface area contributed by atoms with Gasteiger partial charge in [0.1, 0.15) is 0 Å². The Kier molecular flexibility index (Phi) is 4.09. The standard InChI is InChI=1S/C12H16N4OS/c1-2-3-5-16-12(9-4-6-18-8-9)14-11(15-16)7-10(13)17/h4,6,8H,2-3,5,7H2,1H3,(H2,13,17). The maximum absolute atomic E-state index is 10.9. The number of carbonyl (C=O) groups excluding carboxylic acids is 1. The zero-order valence-corrected chi connectivity index (χ0v) is 11.1. The van der Waals surface area contributed by atoms with Gasteiger partial charge in [0, 0.05) is 17.5 Å². The SMILES string of the molecule is CCCCn1nc(CC(N)=O)nc1-c1ccsc1. The Morgan fingerprint density at radius 3 is 3.00 bits per heavy atom. The van der Waals surface area contributed by atoms with E-state index in [-0.39, 0.29) is 6.42 Å². The molecule has 0 spiro atoms. The molecule has 0 saturated carbocycles. The molecule has 2 rings (SSSR count). The summed E-state index contributed by atoms with van der Waals surface area (Å²) in [6.07, 6.45) is 2.22. The first-order chi connectivity index (χ1) is 8.70. The Hall–Kier alpha value is -1.69. The summed E-state index contributed by atoms with van der Waals surface area (Å²) >= 11 is 1.62. The molecule has 2 aromatic heterocycles. The molecule has 0 fully saturated rings. The van der Waals surface area contributed by atoms with Gasteiger partial charge in [-0.05, 0) is 17.9 Å². The fourth-order valence-corrected chi connectivity index (χ4v) is 2.32. The first kappa shape index (κ1) is 12.8. The summed E-state index contributed by atoms with van der Waals surface area (Å²) in [6.45, 7) is 2.94. The topological polar surface area (TPSA) is 73.8 Å². The van der Waals surface area contributed by atoms with E-state index in [9.17, 15) is 4.79 Å². The van der Waals surface area contributed by atoms with E-state index >= 15 is 0 Å². The molecule has 0 aliphatic heterocycles. The van der Waals surface area contributed by atoms with E-state index < -0.39 is 5.91 Å². The lowest BCUT2D eigenvalue weighted by Gasteiger charge is -2.02. The van der Waals surface area contributed by atoms with Crippen molar-refractivity contribution < 1.29 is 4.79 Å². The predicted molar refractivity (Wildman–Crippen MR) is 71.1 cm³/mol. The highest BCUT2D eigenvalue weighted by Gasteiger charge is 2.13. The number of hydrogen-bond donors (Lipinski definition) is 1. The van der Waals surface area contributed by atoms with Crippen LogP contribution < -0.4 is 5.73 Å². The van der Waals surface area contributed by atoms with Crippen LogP contribution in [-0.4, -0.2) is 20.7 Å². The van der Waals surface area contributed by atoms with Gasteiger partial charge < -0.3 is 5.73 Å². The minimum Gasteiger partial charge on any atom is -0.369 e. The molecule has 2 heterocycles. The summed E-state index contributed by atoms with van der Waals surface area (Å²) in [6, 6.07) is 2.01. The Morgan fingerprint density at radius 2 is 2.39 bits per heavy atom. The molecule has 0 radical (unpaired) electrons. The van der Waals surface area contributed by atoms with E-state index in [1.54, 1.807) is 11.3 Å². The number of amides is 1. The van der Waals surface area contributed by atoms with Crippen LogP contribution in [0.25, 0.3) is 11.4 Å². The van der Waals surface area contributed by atoms with Crippen LogP contribution in [-0.2, 0) is 17.8 Å². The number of hydrogen-bond acceptors (Lipinski definition) is 4. The molecule has 0 bridgehead atoms. The van der Waals surface area contributed by atoms with E-state index in [2.05, 4.69) is 17.0 Å². The molecule has 2 aromatic rings. The highest BCUT2D eigenvalue weighted by atomic mass is 32.1. The van der Waals surface area contributed by atoms with Gasteiger partial charge in [0.2, 0.25) is 5.91 Å². The zero-order chi connectivity index (χ0) is 13.0. The molecular formula is C12H16N4OS. The van der Waals surface area contributed by atoms with Gasteiger partial charge in [-0.3, -0.25) is 4.79 Å². The van der Waals surface area contributed by atoms with Crippen LogP contribution in [0.3, 0.4) is 0 Å². The third-order valence-corrected chi connectivity index (χ3v) is 3.23. The van der Waals surface area contributed by atoms with E-state index in [0.717, 1.165) is 30.8 Å². The summed E-state index contributed by atoms with van der Waals surface area (Å²) < 4.78 is 1.86. The van der Waals surface area contributed by atoms with Gasteiger partial charge in [-0.15, -0.1) is 0 Å². The third kappa shape index (κ3) is 2.95. The minimum absolute atomic E-state index is 0.0935. The number of primary amides is 1. The van der Waals surface area contributed by atoms with Crippen molar-refractivity contribution in [3.05, 3.63) is 22.7 Å². The molecule has 6 heteroatoms. The third-order valence-electron chi connectivity index (χ3n) is 2.55. The van der Waals surface area contributed by atoms with Gasteiger partial charge in [0.25, 0.3) is 0 Å². The summed E-state index contributed by atoms with van der Waals surface area (Å²) in [5, 5.41) is 8.38. The average molecular weight is 264 g/mol. The second-order valence-electron chi connectivity index (χ2n) is 4.08. The van der Waals surface area contributed by atoms with Crippen LogP contribution >= 0.6 is 11.3 Å². The van der Waals surface area contributed by atoms with E-state index in [1.807, 2.05) is 21.5 Å². The molecule has 2 N–H and O–H groups in total. The summed E-state index contributed by atoms with van der Waals surface area (Å²) in [5.41, 5.74) is 6.22. The van der Waals surface area contributed by atoms with Crippen LogP contribution in [0, 0.1) is 0 Å². The quantitative estimate of drug-likeness (QED) is 0.865. The van der Waals surface area contributed by atoms with Crippen molar-refractivity contribution >= 4 is 17.2 Å². The van der Waals surface area contributed by atoms with Gasteiger partial charge >= 0.3 is 0 Å². The highest BCUT2D eigenvalue weighted by Crippen LogP contribution is 2.20. The van der Waals surface area contributed by atoms with Crippen molar-refractivity contribution in [3.63, 3.8) is 0 Å². The van der Waals surface area contributed by atoms with Crippen LogP contribution in [0.2, 0.25) is 0 Å². The predicted octanol–water partition coefficient (Wildman–Crippen LogP) is 1.83. The zero-order valence-electron chi connectivity index (χ0n) is 10.3. The van der Waals surface area contributed by atoms with E-state index in [4.69, 9.17) is 5.73 Å². The number of thiophene rings is 1. The number of aryl methyl sites for hydroxylation is 1. The van der Waals surface area contributed by atoms with E-state index in [0.29, 0.717) is 5.82 Å². The van der Waals surface area contributed by atoms with Gasteiger partial charge in [-0.1, -0.05) is 13.3 Å². The number of nitrogens with two attached hydrogens (primary N) is 1. The maximum atomic E-state index is 10.9.